The van der Waals surface area contributed by atoms with Crippen LogP contribution in [0.2, 0.25) is 5.02 Å². The molecule has 106 valence electrons. The van der Waals surface area contributed by atoms with Crippen LogP contribution in [0.5, 0.6) is 0 Å². The van der Waals surface area contributed by atoms with Gasteiger partial charge in [-0.25, -0.2) is 0 Å². The number of benzene rings is 1. The summed E-state index contributed by atoms with van der Waals surface area (Å²) in [6.07, 6.45) is 2.83. The zero-order chi connectivity index (χ0) is 14.8. The van der Waals surface area contributed by atoms with Gasteiger partial charge in [0.25, 0.3) is 5.91 Å². The number of rotatable bonds is 3. The van der Waals surface area contributed by atoms with Gasteiger partial charge in [-0.1, -0.05) is 37.6 Å². The molecule has 0 spiro atoms. The van der Waals surface area contributed by atoms with Gasteiger partial charge < -0.3 is 5.43 Å². The molecular formula is C15H17ClN2O2. The van der Waals surface area contributed by atoms with Crippen molar-refractivity contribution in [2.24, 2.45) is 5.41 Å². The van der Waals surface area contributed by atoms with E-state index in [1.165, 1.54) is 0 Å². The zero-order valence-corrected chi connectivity index (χ0v) is 12.3. The average molecular weight is 293 g/mol. The minimum absolute atomic E-state index is 0.164. The minimum atomic E-state index is -0.288. The molecule has 0 aromatic heterocycles. The SMILES string of the molecule is CC1(C)C=C(NNC(=O)c2cccc(Cl)c2)CC(=O)C1. The molecule has 1 aliphatic carbocycles. The Morgan fingerprint density at radius 2 is 2.10 bits per heavy atom. The summed E-state index contributed by atoms with van der Waals surface area (Å²) in [5.74, 6) is -0.124. The molecule has 20 heavy (non-hydrogen) atoms. The highest BCUT2D eigenvalue weighted by Gasteiger charge is 2.26. The molecule has 0 bridgehead atoms. The number of amides is 1. The molecule has 2 rings (SSSR count). The second kappa shape index (κ2) is 5.67. The molecule has 5 heteroatoms. The average Bonchev–Trinajstić information content (AvgIpc) is 2.33. The van der Waals surface area contributed by atoms with Gasteiger partial charge in [0, 0.05) is 29.1 Å². The fourth-order valence-corrected chi connectivity index (χ4v) is 2.47. The molecular weight excluding hydrogens is 276 g/mol. The molecule has 0 aliphatic heterocycles. The molecule has 0 atom stereocenters. The Morgan fingerprint density at radius 3 is 2.75 bits per heavy atom. The topological polar surface area (TPSA) is 58.2 Å². The Labute approximate surface area is 123 Å². The van der Waals surface area contributed by atoms with E-state index >= 15 is 0 Å². The summed E-state index contributed by atoms with van der Waals surface area (Å²) in [6.45, 7) is 3.98. The number of carbonyl (C=O) groups excluding carboxylic acids is 2. The zero-order valence-electron chi connectivity index (χ0n) is 11.5. The minimum Gasteiger partial charge on any atom is -0.302 e. The summed E-state index contributed by atoms with van der Waals surface area (Å²) in [6, 6.07) is 6.68. The first-order chi connectivity index (χ1) is 9.35. The van der Waals surface area contributed by atoms with Crippen LogP contribution in [0.25, 0.3) is 0 Å². The van der Waals surface area contributed by atoms with Crippen LogP contribution in [-0.4, -0.2) is 11.7 Å². The van der Waals surface area contributed by atoms with Crippen molar-refractivity contribution >= 4 is 23.3 Å². The first-order valence-electron chi connectivity index (χ1n) is 6.41. The molecule has 0 heterocycles. The van der Waals surface area contributed by atoms with E-state index < -0.39 is 0 Å². The number of hydrogen-bond acceptors (Lipinski definition) is 3. The van der Waals surface area contributed by atoms with Crippen LogP contribution in [-0.2, 0) is 4.79 Å². The standard InChI is InChI=1S/C15H17ClN2O2/c1-15(2)8-12(7-13(19)9-15)17-18-14(20)10-4-3-5-11(16)6-10/h3-6,8,17H,7,9H2,1-2H3,(H,18,20). The molecule has 1 aromatic carbocycles. The van der Waals surface area contributed by atoms with Gasteiger partial charge >= 0.3 is 0 Å². The molecule has 0 saturated carbocycles. The third kappa shape index (κ3) is 3.84. The van der Waals surface area contributed by atoms with Crippen molar-refractivity contribution in [2.75, 3.05) is 0 Å². The van der Waals surface area contributed by atoms with Crippen LogP contribution < -0.4 is 10.9 Å². The fraction of sp³-hybridized carbons (Fsp3) is 0.333. The van der Waals surface area contributed by atoms with Gasteiger partial charge in [-0.3, -0.25) is 15.0 Å². The van der Waals surface area contributed by atoms with E-state index in [0.29, 0.717) is 23.4 Å². The van der Waals surface area contributed by atoms with Crippen LogP contribution in [0.4, 0.5) is 0 Å². The number of nitrogens with one attached hydrogen (secondary N) is 2. The van der Waals surface area contributed by atoms with Crippen molar-refractivity contribution in [1.29, 1.82) is 0 Å². The van der Waals surface area contributed by atoms with E-state index in [0.717, 1.165) is 5.70 Å². The lowest BCUT2D eigenvalue weighted by molar-refractivity contribution is -0.120. The summed E-state index contributed by atoms with van der Waals surface area (Å²) < 4.78 is 0. The Morgan fingerprint density at radius 1 is 1.35 bits per heavy atom. The largest absolute Gasteiger partial charge is 0.302 e. The van der Waals surface area contributed by atoms with Gasteiger partial charge in [0.1, 0.15) is 5.78 Å². The quantitative estimate of drug-likeness (QED) is 0.842. The monoisotopic (exact) mass is 292 g/mol. The molecule has 1 aromatic rings. The Balaban J connectivity index is 2.00. The van der Waals surface area contributed by atoms with Crippen LogP contribution in [0, 0.1) is 5.41 Å². The number of Topliss-reactive ketones (excluding diaryl/α,β-unsaturated/α-hetero) is 1. The molecule has 0 radical (unpaired) electrons. The van der Waals surface area contributed by atoms with Crippen molar-refractivity contribution < 1.29 is 9.59 Å². The normalized spacial score (nSPS) is 17.4. The highest BCUT2D eigenvalue weighted by atomic mass is 35.5. The van der Waals surface area contributed by atoms with Gasteiger partial charge in [0.2, 0.25) is 0 Å². The van der Waals surface area contributed by atoms with E-state index in [-0.39, 0.29) is 17.1 Å². The van der Waals surface area contributed by atoms with E-state index in [9.17, 15) is 9.59 Å². The Kier molecular flexibility index (Phi) is 4.14. The number of allylic oxidation sites excluding steroid dienone is 2. The summed E-state index contributed by atoms with van der Waals surface area (Å²) in [4.78, 5) is 23.6. The number of ketones is 1. The number of halogens is 1. The summed E-state index contributed by atoms with van der Waals surface area (Å²) in [7, 11) is 0. The predicted octanol–water partition coefficient (Wildman–Crippen LogP) is 2.85. The summed E-state index contributed by atoms with van der Waals surface area (Å²) in [5, 5.41) is 0.505. The van der Waals surface area contributed by atoms with E-state index in [4.69, 9.17) is 11.6 Å². The first kappa shape index (κ1) is 14.6. The fourth-order valence-electron chi connectivity index (χ4n) is 2.28. The molecule has 0 saturated heterocycles. The number of hydrogen-bond donors (Lipinski definition) is 2. The Bertz CT molecular complexity index is 579. The van der Waals surface area contributed by atoms with Crippen LogP contribution in [0.3, 0.4) is 0 Å². The second-order valence-electron chi connectivity index (χ2n) is 5.64. The van der Waals surface area contributed by atoms with E-state index in [1.807, 2.05) is 19.9 Å². The van der Waals surface area contributed by atoms with Gasteiger partial charge in [-0.15, -0.1) is 0 Å². The lowest BCUT2D eigenvalue weighted by Crippen LogP contribution is -2.39. The Hall–Kier alpha value is -1.81. The molecule has 2 N–H and O–H groups in total. The van der Waals surface area contributed by atoms with Gasteiger partial charge in [-0.2, -0.15) is 0 Å². The third-order valence-corrected chi connectivity index (χ3v) is 3.26. The molecule has 4 nitrogen and oxygen atoms in total. The van der Waals surface area contributed by atoms with Crippen LogP contribution in [0.1, 0.15) is 37.0 Å². The van der Waals surface area contributed by atoms with Crippen molar-refractivity contribution in [3.8, 4) is 0 Å². The molecule has 0 unspecified atom stereocenters. The summed E-state index contributed by atoms with van der Waals surface area (Å²) >= 11 is 5.84. The van der Waals surface area contributed by atoms with Crippen LogP contribution in [0.15, 0.2) is 36.0 Å². The predicted molar refractivity (Wildman–Crippen MR) is 78.2 cm³/mol. The lowest BCUT2D eigenvalue weighted by Gasteiger charge is -2.27. The molecule has 1 aliphatic rings. The van der Waals surface area contributed by atoms with Crippen molar-refractivity contribution in [3.05, 3.63) is 46.6 Å². The second-order valence-corrected chi connectivity index (χ2v) is 6.08. The maximum Gasteiger partial charge on any atom is 0.269 e. The van der Waals surface area contributed by atoms with Gasteiger partial charge in [-0.05, 0) is 23.6 Å². The smallest absolute Gasteiger partial charge is 0.269 e. The number of carbonyl (C=O) groups is 2. The number of hydrazine groups is 1. The molecule has 0 fully saturated rings. The summed E-state index contributed by atoms with van der Waals surface area (Å²) in [5.41, 5.74) is 6.42. The van der Waals surface area contributed by atoms with Crippen molar-refractivity contribution in [2.45, 2.75) is 26.7 Å². The van der Waals surface area contributed by atoms with Gasteiger partial charge in [0.05, 0.1) is 0 Å². The highest BCUT2D eigenvalue weighted by Crippen LogP contribution is 2.29. The first-order valence-corrected chi connectivity index (χ1v) is 6.79. The molecule has 1 amide bonds. The maximum atomic E-state index is 11.9. The highest BCUT2D eigenvalue weighted by molar-refractivity contribution is 6.30. The lowest BCUT2D eigenvalue weighted by atomic mass is 9.81. The van der Waals surface area contributed by atoms with Crippen molar-refractivity contribution in [3.63, 3.8) is 0 Å². The van der Waals surface area contributed by atoms with Gasteiger partial charge in [0.15, 0.2) is 0 Å². The van der Waals surface area contributed by atoms with Crippen molar-refractivity contribution in [1.82, 2.24) is 10.9 Å². The maximum absolute atomic E-state index is 11.9. The van der Waals surface area contributed by atoms with E-state index in [1.54, 1.807) is 24.3 Å². The van der Waals surface area contributed by atoms with Crippen LogP contribution >= 0.6 is 11.6 Å². The van der Waals surface area contributed by atoms with E-state index in [2.05, 4.69) is 10.9 Å². The third-order valence-electron chi connectivity index (χ3n) is 3.03.